The summed E-state index contributed by atoms with van der Waals surface area (Å²) in [6.07, 6.45) is 6.63. The molecule has 34 heavy (non-hydrogen) atoms. The third kappa shape index (κ3) is 5.81. The molecule has 186 valence electrons. The summed E-state index contributed by atoms with van der Waals surface area (Å²) in [7, 11) is 0. The van der Waals surface area contributed by atoms with Crippen LogP contribution in [0, 0.1) is 23.2 Å². The van der Waals surface area contributed by atoms with E-state index in [1.807, 2.05) is 11.8 Å². The summed E-state index contributed by atoms with van der Waals surface area (Å²) in [6, 6.07) is 2.08. The fourth-order valence-electron chi connectivity index (χ4n) is 5.80. The normalized spacial score (nSPS) is 25.2. The van der Waals surface area contributed by atoms with Crippen LogP contribution < -0.4 is 5.32 Å². The molecule has 0 bridgehead atoms. The lowest BCUT2D eigenvalue weighted by molar-refractivity contribution is -0.136. The van der Waals surface area contributed by atoms with Crippen molar-refractivity contribution in [2.45, 2.75) is 65.3 Å². The van der Waals surface area contributed by atoms with Gasteiger partial charge in [-0.15, -0.1) is 11.3 Å². The smallest absolute Gasteiger partial charge is 0.242 e. The highest BCUT2D eigenvalue weighted by atomic mass is 32.1. The lowest BCUT2D eigenvalue weighted by Crippen LogP contribution is -2.55. The van der Waals surface area contributed by atoms with Crippen LogP contribution in [0.1, 0.15) is 62.5 Å². The Morgan fingerprint density at radius 1 is 1.09 bits per heavy atom. The molecule has 0 radical (unpaired) electrons. The predicted octanol–water partition coefficient (Wildman–Crippen LogP) is 3.34. The Morgan fingerprint density at radius 2 is 1.76 bits per heavy atom. The minimum atomic E-state index is -0.268. The molecule has 1 aliphatic carbocycles. The summed E-state index contributed by atoms with van der Waals surface area (Å²) in [5.41, 5.74) is 1.83. The van der Waals surface area contributed by atoms with Gasteiger partial charge in [-0.1, -0.05) is 20.3 Å². The number of rotatable bonds is 5. The molecule has 0 saturated carbocycles. The molecule has 0 aromatic carbocycles. The maximum atomic E-state index is 13.1. The number of aryl methyl sites for hydroxylation is 1. The molecule has 1 aromatic heterocycles. The third-order valence-corrected chi connectivity index (χ3v) is 8.89. The van der Waals surface area contributed by atoms with Crippen molar-refractivity contribution in [3.8, 4) is 6.07 Å². The van der Waals surface area contributed by atoms with Crippen LogP contribution in [-0.2, 0) is 22.4 Å². The van der Waals surface area contributed by atoms with Crippen LogP contribution in [0.4, 0.5) is 5.00 Å². The van der Waals surface area contributed by atoms with Crippen molar-refractivity contribution in [1.82, 2.24) is 14.7 Å². The number of nitrogens with one attached hydrogen (secondary N) is 1. The quantitative estimate of drug-likeness (QED) is 0.647. The maximum absolute atomic E-state index is 13.1. The summed E-state index contributed by atoms with van der Waals surface area (Å²) in [4.78, 5) is 33.6. The van der Waals surface area contributed by atoms with Gasteiger partial charge in [-0.3, -0.25) is 19.4 Å². The van der Waals surface area contributed by atoms with E-state index >= 15 is 0 Å². The second-order valence-corrected chi connectivity index (χ2v) is 11.7. The number of piperidine rings is 1. The van der Waals surface area contributed by atoms with E-state index in [4.69, 9.17) is 0 Å². The zero-order chi connectivity index (χ0) is 24.2. The van der Waals surface area contributed by atoms with Crippen LogP contribution >= 0.6 is 11.3 Å². The molecule has 3 unspecified atom stereocenters. The standard InChI is InChI=1S/C26H39N5O2S/c1-18-13-19(2)16-31(15-18)24(32)17-29-9-11-30(12-10-29)20(3)25(33)28-26-22(14-27)21-7-5-4-6-8-23(21)34-26/h18-20H,4-13,15-17H2,1-3H3,(H,28,33). The van der Waals surface area contributed by atoms with Crippen molar-refractivity contribution in [2.24, 2.45) is 11.8 Å². The van der Waals surface area contributed by atoms with Gasteiger partial charge in [0.2, 0.25) is 11.8 Å². The van der Waals surface area contributed by atoms with E-state index in [-0.39, 0.29) is 17.9 Å². The first kappa shape index (κ1) is 25.2. The number of likely N-dealkylation sites (tertiary alicyclic amines) is 1. The summed E-state index contributed by atoms with van der Waals surface area (Å²) in [6.45, 7) is 11.7. The second-order valence-electron chi connectivity index (χ2n) is 10.6. The minimum absolute atomic E-state index is 0.0475. The SMILES string of the molecule is CC1CC(C)CN(C(=O)CN2CCN(C(C)C(=O)Nc3sc4c(c3C#N)CCCCC4)CC2)C1. The van der Waals surface area contributed by atoms with E-state index in [1.54, 1.807) is 11.3 Å². The minimum Gasteiger partial charge on any atom is -0.341 e. The van der Waals surface area contributed by atoms with E-state index in [2.05, 4.69) is 35.0 Å². The number of fused-ring (bicyclic) bond motifs is 1. The molecule has 0 spiro atoms. The molecule has 2 saturated heterocycles. The van der Waals surface area contributed by atoms with E-state index in [9.17, 15) is 14.9 Å². The summed E-state index contributed by atoms with van der Waals surface area (Å²) < 4.78 is 0. The van der Waals surface area contributed by atoms with Crippen molar-refractivity contribution in [3.05, 3.63) is 16.0 Å². The van der Waals surface area contributed by atoms with Crippen molar-refractivity contribution >= 4 is 28.2 Å². The summed E-state index contributed by atoms with van der Waals surface area (Å²) in [5, 5.41) is 13.5. The van der Waals surface area contributed by atoms with Gasteiger partial charge in [-0.2, -0.15) is 5.26 Å². The van der Waals surface area contributed by atoms with E-state index in [0.717, 1.165) is 75.5 Å². The topological polar surface area (TPSA) is 79.7 Å². The molecule has 8 heteroatoms. The van der Waals surface area contributed by atoms with E-state index in [0.29, 0.717) is 23.9 Å². The number of carbonyl (C=O) groups is 2. The first-order chi connectivity index (χ1) is 16.4. The van der Waals surface area contributed by atoms with Gasteiger partial charge in [0.25, 0.3) is 0 Å². The molecular formula is C26H39N5O2S. The second kappa shape index (κ2) is 11.2. The van der Waals surface area contributed by atoms with Crippen LogP contribution in [0.3, 0.4) is 0 Å². The predicted molar refractivity (Wildman–Crippen MR) is 136 cm³/mol. The Bertz CT molecular complexity index is 920. The molecule has 1 N–H and O–H groups in total. The van der Waals surface area contributed by atoms with E-state index in [1.165, 1.54) is 17.7 Å². The van der Waals surface area contributed by atoms with Gasteiger partial charge in [0, 0.05) is 44.1 Å². The molecule has 1 aromatic rings. The number of piperazine rings is 1. The van der Waals surface area contributed by atoms with Crippen LogP contribution in [0.25, 0.3) is 0 Å². The van der Waals surface area contributed by atoms with Gasteiger partial charge in [0.1, 0.15) is 11.1 Å². The van der Waals surface area contributed by atoms with Gasteiger partial charge in [-0.25, -0.2) is 0 Å². The molecule has 3 heterocycles. The van der Waals surface area contributed by atoms with Crippen LogP contribution in [0.5, 0.6) is 0 Å². The number of anilines is 1. The Labute approximate surface area is 208 Å². The number of amides is 2. The first-order valence-corrected chi connectivity index (χ1v) is 13.8. The van der Waals surface area contributed by atoms with Crippen LogP contribution in [-0.4, -0.2) is 78.4 Å². The van der Waals surface area contributed by atoms with Crippen molar-refractivity contribution in [3.63, 3.8) is 0 Å². The van der Waals surface area contributed by atoms with Crippen LogP contribution in [0.2, 0.25) is 0 Å². The lowest BCUT2D eigenvalue weighted by atomic mass is 9.92. The monoisotopic (exact) mass is 485 g/mol. The summed E-state index contributed by atoms with van der Waals surface area (Å²) >= 11 is 1.59. The number of thiophene rings is 1. The Kier molecular flexibility index (Phi) is 8.28. The van der Waals surface area contributed by atoms with Gasteiger partial charge in [0.15, 0.2) is 0 Å². The first-order valence-electron chi connectivity index (χ1n) is 12.9. The molecule has 3 aliphatic rings. The highest BCUT2D eigenvalue weighted by Gasteiger charge is 2.30. The average Bonchev–Trinajstić information content (AvgIpc) is 2.97. The number of nitriles is 1. The molecule has 4 rings (SSSR count). The van der Waals surface area contributed by atoms with Crippen molar-refractivity contribution in [1.29, 1.82) is 5.26 Å². The van der Waals surface area contributed by atoms with E-state index < -0.39 is 0 Å². The Balaban J connectivity index is 1.28. The number of hydrogen-bond acceptors (Lipinski definition) is 6. The van der Waals surface area contributed by atoms with Crippen molar-refractivity contribution < 1.29 is 9.59 Å². The number of hydrogen-bond donors (Lipinski definition) is 1. The highest BCUT2D eigenvalue weighted by Crippen LogP contribution is 2.37. The average molecular weight is 486 g/mol. The highest BCUT2D eigenvalue weighted by molar-refractivity contribution is 7.16. The fraction of sp³-hybridized carbons (Fsp3) is 0.731. The molecule has 7 nitrogen and oxygen atoms in total. The molecular weight excluding hydrogens is 446 g/mol. The fourth-order valence-corrected chi connectivity index (χ4v) is 7.04. The maximum Gasteiger partial charge on any atom is 0.242 e. The lowest BCUT2D eigenvalue weighted by Gasteiger charge is -2.39. The van der Waals surface area contributed by atoms with Crippen LogP contribution in [0.15, 0.2) is 0 Å². The molecule has 2 amide bonds. The van der Waals surface area contributed by atoms with Gasteiger partial charge >= 0.3 is 0 Å². The molecule has 2 aliphatic heterocycles. The Hall–Kier alpha value is -1.95. The van der Waals surface area contributed by atoms with Crippen molar-refractivity contribution in [2.75, 3.05) is 51.1 Å². The number of nitrogens with zero attached hydrogens (tertiary/aromatic N) is 4. The van der Waals surface area contributed by atoms with Gasteiger partial charge in [0.05, 0.1) is 18.2 Å². The molecule has 3 atom stereocenters. The Morgan fingerprint density at radius 3 is 2.44 bits per heavy atom. The zero-order valence-corrected chi connectivity index (χ0v) is 21.8. The molecule has 2 fully saturated rings. The third-order valence-electron chi connectivity index (χ3n) is 7.68. The van der Waals surface area contributed by atoms with Gasteiger partial charge in [-0.05, 0) is 56.4 Å². The largest absolute Gasteiger partial charge is 0.341 e. The van der Waals surface area contributed by atoms with Gasteiger partial charge < -0.3 is 10.2 Å². The zero-order valence-electron chi connectivity index (χ0n) is 20.9. The number of carbonyl (C=O) groups excluding carboxylic acids is 2. The summed E-state index contributed by atoms with van der Waals surface area (Å²) in [5.74, 6) is 1.33.